The van der Waals surface area contributed by atoms with Gasteiger partial charge in [-0.25, -0.2) is 4.79 Å². The fraction of sp³-hybridized carbons (Fsp3) is 0.857. The highest BCUT2D eigenvalue weighted by Gasteiger charge is 2.44. The van der Waals surface area contributed by atoms with Gasteiger partial charge in [0.15, 0.2) is 0 Å². The lowest BCUT2D eigenvalue weighted by Gasteiger charge is -2.28. The van der Waals surface area contributed by atoms with E-state index in [2.05, 4.69) is 10.6 Å². The number of carboxylic acid groups (broad SMARTS) is 1. The zero-order valence-electron chi connectivity index (χ0n) is 11.7. The number of carbonyl (C=O) groups is 2. The van der Waals surface area contributed by atoms with Crippen molar-refractivity contribution in [3.8, 4) is 0 Å². The highest BCUT2D eigenvalue weighted by atomic mass is 16.4. The molecule has 2 rings (SSSR count). The van der Waals surface area contributed by atoms with Crippen LogP contribution < -0.4 is 10.6 Å². The summed E-state index contributed by atoms with van der Waals surface area (Å²) in [7, 11) is 0. The monoisotopic (exact) mass is 268 g/mol. The van der Waals surface area contributed by atoms with Gasteiger partial charge in [0.05, 0.1) is 6.04 Å². The second kappa shape index (κ2) is 5.49. The van der Waals surface area contributed by atoms with Crippen LogP contribution >= 0.6 is 0 Å². The van der Waals surface area contributed by atoms with Gasteiger partial charge in [-0.1, -0.05) is 19.8 Å². The van der Waals surface area contributed by atoms with Crippen LogP contribution in [0.5, 0.6) is 0 Å². The normalized spacial score (nSPS) is 32.6. The summed E-state index contributed by atoms with van der Waals surface area (Å²) in [4.78, 5) is 23.7. The van der Waals surface area contributed by atoms with E-state index in [1.807, 2.05) is 6.92 Å². The van der Waals surface area contributed by atoms with Crippen molar-refractivity contribution < 1.29 is 14.7 Å². The molecule has 2 aliphatic rings. The number of fused-ring (bicyclic) bond motifs is 1. The minimum Gasteiger partial charge on any atom is -0.480 e. The first-order chi connectivity index (χ1) is 8.98. The predicted molar refractivity (Wildman–Crippen MR) is 71.7 cm³/mol. The van der Waals surface area contributed by atoms with Crippen molar-refractivity contribution >= 4 is 11.9 Å². The van der Waals surface area contributed by atoms with Gasteiger partial charge in [-0.3, -0.25) is 4.79 Å². The largest absolute Gasteiger partial charge is 0.480 e. The molecule has 1 saturated carbocycles. The molecule has 0 radical (unpaired) electrons. The van der Waals surface area contributed by atoms with Crippen molar-refractivity contribution in [3.05, 3.63) is 0 Å². The fourth-order valence-corrected chi connectivity index (χ4v) is 3.55. The lowest BCUT2D eigenvalue weighted by Crippen LogP contribution is -2.57. The summed E-state index contributed by atoms with van der Waals surface area (Å²) in [6.45, 7) is 4.41. The third-order valence-electron chi connectivity index (χ3n) is 4.65. The molecule has 1 heterocycles. The van der Waals surface area contributed by atoms with Crippen molar-refractivity contribution in [3.63, 3.8) is 0 Å². The summed E-state index contributed by atoms with van der Waals surface area (Å²) < 4.78 is 0. The van der Waals surface area contributed by atoms with Gasteiger partial charge in [0.25, 0.3) is 0 Å². The Morgan fingerprint density at radius 2 is 2.16 bits per heavy atom. The van der Waals surface area contributed by atoms with E-state index in [1.54, 1.807) is 6.92 Å². The molecule has 0 aromatic heterocycles. The molecule has 1 aliphatic heterocycles. The molecule has 4 atom stereocenters. The Labute approximate surface area is 114 Å². The number of amides is 1. The first-order valence-corrected chi connectivity index (χ1v) is 7.26. The van der Waals surface area contributed by atoms with E-state index in [0.29, 0.717) is 18.3 Å². The number of rotatable bonds is 5. The Kier molecular flexibility index (Phi) is 4.13. The summed E-state index contributed by atoms with van der Waals surface area (Å²) in [6, 6.07) is -0.206. The zero-order chi connectivity index (χ0) is 14.0. The van der Waals surface area contributed by atoms with Crippen LogP contribution in [0.1, 0.15) is 46.0 Å². The molecule has 0 bridgehead atoms. The fourth-order valence-electron chi connectivity index (χ4n) is 3.55. The maximum atomic E-state index is 12.3. The standard InChI is InChI=1S/C14H24N2O3/c1-3-7-14(2,13(18)19)16-12(17)11-10-6-4-5-9(10)8-15-11/h9-11,15H,3-8H2,1-2H3,(H,16,17)(H,18,19). The SMILES string of the molecule is CCCC(C)(NC(=O)C1NCC2CCCC21)C(=O)O. The highest BCUT2D eigenvalue weighted by Crippen LogP contribution is 2.37. The molecule has 4 unspecified atom stereocenters. The van der Waals surface area contributed by atoms with Gasteiger partial charge in [-0.2, -0.15) is 0 Å². The van der Waals surface area contributed by atoms with Crippen LogP contribution in [0, 0.1) is 11.8 Å². The van der Waals surface area contributed by atoms with Crippen LogP contribution in [-0.2, 0) is 9.59 Å². The van der Waals surface area contributed by atoms with Crippen molar-refractivity contribution in [2.75, 3.05) is 6.54 Å². The average molecular weight is 268 g/mol. The summed E-state index contributed by atoms with van der Waals surface area (Å²) >= 11 is 0. The van der Waals surface area contributed by atoms with Crippen LogP contribution in [0.25, 0.3) is 0 Å². The number of aliphatic carboxylic acids is 1. The van der Waals surface area contributed by atoms with Gasteiger partial charge in [0.1, 0.15) is 5.54 Å². The molecule has 1 saturated heterocycles. The molecule has 1 aliphatic carbocycles. The van der Waals surface area contributed by atoms with Gasteiger partial charge < -0.3 is 15.7 Å². The zero-order valence-corrected chi connectivity index (χ0v) is 11.7. The van der Waals surface area contributed by atoms with Gasteiger partial charge in [-0.05, 0) is 44.6 Å². The number of hydrogen-bond acceptors (Lipinski definition) is 3. The Bertz CT molecular complexity index is 372. The van der Waals surface area contributed by atoms with E-state index >= 15 is 0 Å². The second-order valence-corrected chi connectivity index (χ2v) is 6.12. The number of carbonyl (C=O) groups excluding carboxylic acids is 1. The van der Waals surface area contributed by atoms with Crippen LogP contribution in [0.4, 0.5) is 0 Å². The molecular weight excluding hydrogens is 244 g/mol. The lowest BCUT2D eigenvalue weighted by molar-refractivity contribution is -0.147. The molecule has 1 amide bonds. The van der Waals surface area contributed by atoms with Crippen LogP contribution in [0.3, 0.4) is 0 Å². The second-order valence-electron chi connectivity index (χ2n) is 6.12. The number of hydrogen-bond donors (Lipinski definition) is 3. The van der Waals surface area contributed by atoms with Crippen molar-refractivity contribution in [2.45, 2.75) is 57.5 Å². The summed E-state index contributed by atoms with van der Waals surface area (Å²) in [5.74, 6) is -0.117. The van der Waals surface area contributed by atoms with Gasteiger partial charge in [-0.15, -0.1) is 0 Å². The Balaban J connectivity index is 2.01. The van der Waals surface area contributed by atoms with E-state index in [0.717, 1.165) is 19.4 Å². The van der Waals surface area contributed by atoms with Gasteiger partial charge in [0.2, 0.25) is 5.91 Å². The molecular formula is C14H24N2O3. The Morgan fingerprint density at radius 3 is 2.79 bits per heavy atom. The Morgan fingerprint density at radius 1 is 1.42 bits per heavy atom. The first kappa shape index (κ1) is 14.3. The van der Waals surface area contributed by atoms with Crippen molar-refractivity contribution in [1.82, 2.24) is 10.6 Å². The van der Waals surface area contributed by atoms with Gasteiger partial charge in [0, 0.05) is 0 Å². The molecule has 108 valence electrons. The highest BCUT2D eigenvalue weighted by molar-refractivity contribution is 5.89. The Hall–Kier alpha value is -1.10. The van der Waals surface area contributed by atoms with Crippen LogP contribution in [0.2, 0.25) is 0 Å². The van der Waals surface area contributed by atoms with E-state index in [9.17, 15) is 14.7 Å². The van der Waals surface area contributed by atoms with Crippen LogP contribution in [0.15, 0.2) is 0 Å². The molecule has 19 heavy (non-hydrogen) atoms. The quantitative estimate of drug-likeness (QED) is 0.698. The van der Waals surface area contributed by atoms with E-state index in [1.165, 1.54) is 12.8 Å². The van der Waals surface area contributed by atoms with E-state index < -0.39 is 11.5 Å². The number of nitrogens with one attached hydrogen (secondary N) is 2. The molecule has 0 aromatic carbocycles. The van der Waals surface area contributed by atoms with E-state index in [-0.39, 0.29) is 11.9 Å². The molecule has 3 N–H and O–H groups in total. The summed E-state index contributed by atoms with van der Waals surface area (Å²) in [5, 5.41) is 15.3. The summed E-state index contributed by atoms with van der Waals surface area (Å²) in [5.41, 5.74) is -1.15. The maximum Gasteiger partial charge on any atom is 0.329 e. The third kappa shape index (κ3) is 2.76. The average Bonchev–Trinajstić information content (AvgIpc) is 2.89. The topological polar surface area (TPSA) is 78.4 Å². The molecule has 0 aromatic rings. The first-order valence-electron chi connectivity index (χ1n) is 7.26. The predicted octanol–water partition coefficient (Wildman–Crippen LogP) is 1.13. The van der Waals surface area contributed by atoms with E-state index in [4.69, 9.17) is 0 Å². The molecule has 0 spiro atoms. The van der Waals surface area contributed by atoms with Gasteiger partial charge >= 0.3 is 5.97 Å². The van der Waals surface area contributed by atoms with Crippen LogP contribution in [-0.4, -0.2) is 35.1 Å². The number of carboxylic acids is 1. The smallest absolute Gasteiger partial charge is 0.329 e. The maximum absolute atomic E-state index is 12.3. The molecule has 5 nitrogen and oxygen atoms in total. The van der Waals surface area contributed by atoms with Crippen molar-refractivity contribution in [1.29, 1.82) is 0 Å². The minimum atomic E-state index is -1.15. The molecule has 5 heteroatoms. The molecule has 2 fully saturated rings. The third-order valence-corrected chi connectivity index (χ3v) is 4.65. The van der Waals surface area contributed by atoms with Crippen molar-refractivity contribution in [2.24, 2.45) is 11.8 Å². The minimum absolute atomic E-state index is 0.146. The lowest BCUT2D eigenvalue weighted by atomic mass is 9.91. The summed E-state index contributed by atoms with van der Waals surface area (Å²) in [6.07, 6.45) is 4.63.